The molecule has 0 spiro atoms. The Morgan fingerprint density at radius 3 is 2.64 bits per heavy atom. The number of ether oxygens (including phenoxy) is 1. The van der Waals surface area contributed by atoms with Gasteiger partial charge in [0.25, 0.3) is 0 Å². The summed E-state index contributed by atoms with van der Waals surface area (Å²) in [4.78, 5) is 12.6. The molecule has 1 aliphatic rings. The second-order valence-electron chi connectivity index (χ2n) is 6.49. The minimum Gasteiger partial charge on any atom is -0.497 e. The Morgan fingerprint density at radius 2 is 1.88 bits per heavy atom. The fourth-order valence-electron chi connectivity index (χ4n) is 3.52. The summed E-state index contributed by atoms with van der Waals surface area (Å²) in [6.07, 6.45) is 5.00. The number of nitrogens with zero attached hydrogens (tertiary/aromatic N) is 3. The molecule has 4 rings (SSSR count). The molecule has 0 unspecified atom stereocenters. The van der Waals surface area contributed by atoms with Crippen LogP contribution in [0.2, 0.25) is 0 Å². The number of methoxy groups -OCH3 is 1. The maximum atomic E-state index is 5.24. The van der Waals surface area contributed by atoms with Gasteiger partial charge in [0.2, 0.25) is 0 Å². The van der Waals surface area contributed by atoms with E-state index in [9.17, 15) is 0 Å². The van der Waals surface area contributed by atoms with Gasteiger partial charge in [-0.15, -0.1) is 0 Å². The molecule has 1 N–H and O–H groups in total. The molecule has 3 heterocycles. The molecule has 1 fully saturated rings. The van der Waals surface area contributed by atoms with Crippen molar-refractivity contribution in [1.29, 1.82) is 0 Å². The minimum absolute atomic E-state index is 0.913. The molecular formula is C20H24N4O. The summed E-state index contributed by atoms with van der Waals surface area (Å²) in [5, 5.41) is 1.25. The van der Waals surface area contributed by atoms with Crippen LogP contribution >= 0.6 is 0 Å². The number of aromatic amines is 1. The summed E-state index contributed by atoms with van der Waals surface area (Å²) in [5.41, 5.74) is 3.63. The topological polar surface area (TPSA) is 44.4 Å². The van der Waals surface area contributed by atoms with Crippen LogP contribution in [-0.4, -0.2) is 54.7 Å². The molecule has 1 saturated heterocycles. The van der Waals surface area contributed by atoms with E-state index in [0.717, 1.165) is 50.5 Å². The van der Waals surface area contributed by atoms with Crippen molar-refractivity contribution in [3.8, 4) is 5.75 Å². The van der Waals surface area contributed by atoms with E-state index in [0.29, 0.717) is 0 Å². The Hall–Kier alpha value is -2.53. The Morgan fingerprint density at radius 1 is 1.08 bits per heavy atom. The monoisotopic (exact) mass is 336 g/mol. The molecule has 5 heteroatoms. The van der Waals surface area contributed by atoms with Crippen molar-refractivity contribution in [2.45, 2.75) is 6.42 Å². The fourth-order valence-corrected chi connectivity index (χ4v) is 3.52. The highest BCUT2D eigenvalue weighted by Crippen LogP contribution is 2.21. The lowest BCUT2D eigenvalue weighted by molar-refractivity contribution is 0.261. The highest BCUT2D eigenvalue weighted by atomic mass is 16.5. The summed E-state index contributed by atoms with van der Waals surface area (Å²) in [6, 6.07) is 12.5. The minimum atomic E-state index is 0.913. The van der Waals surface area contributed by atoms with Crippen molar-refractivity contribution in [2.75, 3.05) is 44.7 Å². The number of hydrogen-bond acceptors (Lipinski definition) is 4. The van der Waals surface area contributed by atoms with Crippen LogP contribution in [0.15, 0.2) is 48.8 Å². The normalized spacial score (nSPS) is 15.6. The van der Waals surface area contributed by atoms with E-state index in [1.807, 2.05) is 24.4 Å². The lowest BCUT2D eigenvalue weighted by atomic mass is 10.1. The van der Waals surface area contributed by atoms with Gasteiger partial charge in [-0.3, -0.25) is 4.90 Å². The highest BCUT2D eigenvalue weighted by Gasteiger charge is 2.17. The van der Waals surface area contributed by atoms with Gasteiger partial charge >= 0.3 is 0 Å². The summed E-state index contributed by atoms with van der Waals surface area (Å²) in [5.74, 6) is 0.913. The van der Waals surface area contributed by atoms with Gasteiger partial charge in [0.05, 0.1) is 7.11 Å². The van der Waals surface area contributed by atoms with E-state index in [-0.39, 0.29) is 0 Å². The van der Waals surface area contributed by atoms with Crippen LogP contribution in [-0.2, 0) is 6.42 Å². The molecule has 0 saturated carbocycles. The van der Waals surface area contributed by atoms with Crippen molar-refractivity contribution < 1.29 is 4.74 Å². The van der Waals surface area contributed by atoms with Gasteiger partial charge in [-0.05, 0) is 48.4 Å². The largest absolute Gasteiger partial charge is 0.497 e. The number of nitrogens with one attached hydrogen (secondary N) is 1. The zero-order valence-electron chi connectivity index (χ0n) is 14.6. The predicted octanol–water partition coefficient (Wildman–Crippen LogP) is 2.94. The second kappa shape index (κ2) is 7.15. The first-order valence-corrected chi connectivity index (χ1v) is 8.86. The fraction of sp³-hybridized carbons (Fsp3) is 0.350. The number of piperazine rings is 1. The van der Waals surface area contributed by atoms with Crippen LogP contribution in [0.4, 0.5) is 5.69 Å². The van der Waals surface area contributed by atoms with Gasteiger partial charge in [-0.1, -0.05) is 0 Å². The van der Waals surface area contributed by atoms with E-state index < -0.39 is 0 Å². The average Bonchev–Trinajstić information content (AvgIpc) is 3.10. The van der Waals surface area contributed by atoms with E-state index in [4.69, 9.17) is 4.74 Å². The van der Waals surface area contributed by atoms with Crippen molar-refractivity contribution in [3.63, 3.8) is 0 Å². The molecule has 25 heavy (non-hydrogen) atoms. The van der Waals surface area contributed by atoms with E-state index in [1.165, 1.54) is 16.6 Å². The predicted molar refractivity (Wildman–Crippen MR) is 101 cm³/mol. The maximum Gasteiger partial charge on any atom is 0.137 e. The molecule has 3 aromatic rings. The van der Waals surface area contributed by atoms with E-state index in [2.05, 4.69) is 44.2 Å². The average molecular weight is 336 g/mol. The van der Waals surface area contributed by atoms with Crippen LogP contribution in [0.1, 0.15) is 5.56 Å². The van der Waals surface area contributed by atoms with Gasteiger partial charge in [0.15, 0.2) is 0 Å². The lowest BCUT2D eigenvalue weighted by Crippen LogP contribution is -2.46. The smallest absolute Gasteiger partial charge is 0.137 e. The molecule has 0 atom stereocenters. The molecule has 1 aromatic carbocycles. The Balaban J connectivity index is 1.31. The first-order chi connectivity index (χ1) is 12.3. The van der Waals surface area contributed by atoms with Crippen molar-refractivity contribution in [2.24, 2.45) is 0 Å². The van der Waals surface area contributed by atoms with E-state index >= 15 is 0 Å². The first-order valence-electron chi connectivity index (χ1n) is 8.86. The number of benzene rings is 1. The van der Waals surface area contributed by atoms with Crippen molar-refractivity contribution >= 4 is 16.7 Å². The van der Waals surface area contributed by atoms with Gasteiger partial charge in [-0.25, -0.2) is 4.98 Å². The van der Waals surface area contributed by atoms with Gasteiger partial charge < -0.3 is 14.6 Å². The summed E-state index contributed by atoms with van der Waals surface area (Å²) < 4.78 is 5.24. The van der Waals surface area contributed by atoms with Crippen LogP contribution in [0.5, 0.6) is 5.75 Å². The molecule has 0 aliphatic carbocycles. The lowest BCUT2D eigenvalue weighted by Gasteiger charge is -2.36. The molecule has 0 amide bonds. The summed E-state index contributed by atoms with van der Waals surface area (Å²) >= 11 is 0. The molecule has 0 bridgehead atoms. The van der Waals surface area contributed by atoms with Crippen LogP contribution in [0.25, 0.3) is 11.0 Å². The van der Waals surface area contributed by atoms with Crippen LogP contribution in [0.3, 0.4) is 0 Å². The Labute approximate surface area is 148 Å². The van der Waals surface area contributed by atoms with Gasteiger partial charge in [0.1, 0.15) is 11.4 Å². The van der Waals surface area contributed by atoms with Crippen LogP contribution < -0.4 is 9.64 Å². The molecule has 2 aromatic heterocycles. The Bertz CT molecular complexity index is 819. The summed E-state index contributed by atoms with van der Waals surface area (Å²) in [6.45, 7) is 5.45. The number of rotatable bonds is 5. The number of aromatic nitrogens is 2. The Kier molecular flexibility index (Phi) is 4.57. The number of pyridine rings is 1. The third-order valence-electron chi connectivity index (χ3n) is 5.04. The quantitative estimate of drug-likeness (QED) is 0.778. The molecule has 0 radical (unpaired) electrons. The highest BCUT2D eigenvalue weighted by molar-refractivity contribution is 5.79. The first kappa shape index (κ1) is 16.0. The molecule has 5 nitrogen and oxygen atoms in total. The zero-order chi connectivity index (χ0) is 17.1. The summed E-state index contributed by atoms with van der Waals surface area (Å²) in [7, 11) is 1.71. The molecule has 1 aliphatic heterocycles. The standard InChI is InChI=1S/C20H24N4O/c1-25-18-6-4-17(5-7-18)24-13-11-23(12-14-24)10-8-16-15-22-20-19(16)3-2-9-21-20/h2-7,9,15H,8,10-14H2,1H3,(H,21,22). The number of fused-ring (bicyclic) bond motifs is 1. The van der Waals surface area contributed by atoms with Crippen molar-refractivity contribution in [1.82, 2.24) is 14.9 Å². The number of hydrogen-bond donors (Lipinski definition) is 1. The van der Waals surface area contributed by atoms with Gasteiger partial charge in [0, 0.05) is 56.2 Å². The molecule has 130 valence electrons. The number of H-pyrrole nitrogens is 1. The zero-order valence-corrected chi connectivity index (χ0v) is 14.6. The van der Waals surface area contributed by atoms with Crippen LogP contribution in [0, 0.1) is 0 Å². The third kappa shape index (κ3) is 3.46. The SMILES string of the molecule is COc1ccc(N2CCN(CCc3c[nH]c4ncccc34)CC2)cc1. The number of anilines is 1. The van der Waals surface area contributed by atoms with Crippen molar-refractivity contribution in [3.05, 3.63) is 54.4 Å². The van der Waals surface area contributed by atoms with E-state index in [1.54, 1.807) is 7.11 Å². The third-order valence-corrected chi connectivity index (χ3v) is 5.04. The maximum absolute atomic E-state index is 5.24. The van der Waals surface area contributed by atoms with Gasteiger partial charge in [-0.2, -0.15) is 0 Å². The second-order valence-corrected chi connectivity index (χ2v) is 6.49. The molecular weight excluding hydrogens is 312 g/mol.